The maximum atomic E-state index is 13.5. The van der Waals surface area contributed by atoms with Crippen molar-refractivity contribution in [2.75, 3.05) is 11.9 Å². The van der Waals surface area contributed by atoms with Crippen LogP contribution in [0.15, 0.2) is 36.5 Å². The maximum absolute atomic E-state index is 13.5. The van der Waals surface area contributed by atoms with E-state index in [1.807, 2.05) is 6.92 Å². The van der Waals surface area contributed by atoms with Gasteiger partial charge in [-0.2, -0.15) is 0 Å². The monoisotopic (exact) mass is 305 g/mol. The third kappa shape index (κ3) is 4.00. The zero-order valence-electron chi connectivity index (χ0n) is 12.2. The molecular weight excluding hydrogens is 288 g/mol. The molecule has 1 aromatic carbocycles. The van der Waals surface area contributed by atoms with Crippen LogP contribution in [0.25, 0.3) is 0 Å². The molecule has 116 valence electrons. The van der Waals surface area contributed by atoms with E-state index in [-0.39, 0.29) is 17.3 Å². The zero-order valence-corrected chi connectivity index (χ0v) is 12.2. The quantitative estimate of drug-likeness (QED) is 0.801. The number of nitrogens with zero attached hydrogens (tertiary/aromatic N) is 1. The Hall–Kier alpha value is -2.50. The number of nitrogens with one attached hydrogen (secondary N) is 2. The molecule has 0 fully saturated rings. The number of rotatable bonds is 6. The molecule has 0 unspecified atom stereocenters. The van der Waals surface area contributed by atoms with E-state index in [2.05, 4.69) is 15.6 Å². The van der Waals surface area contributed by atoms with Crippen molar-refractivity contribution in [3.63, 3.8) is 0 Å². The summed E-state index contributed by atoms with van der Waals surface area (Å²) in [5.74, 6) is -1.65. The van der Waals surface area contributed by atoms with Crippen LogP contribution in [0, 0.1) is 11.6 Å². The predicted octanol–water partition coefficient (Wildman–Crippen LogP) is 3.63. The third-order valence-corrected chi connectivity index (χ3v) is 3.04. The van der Waals surface area contributed by atoms with E-state index in [1.54, 1.807) is 6.07 Å². The number of halogens is 2. The average Bonchev–Trinajstić information content (AvgIpc) is 2.52. The molecule has 0 aliphatic rings. The van der Waals surface area contributed by atoms with Gasteiger partial charge in [0.05, 0.1) is 11.9 Å². The third-order valence-electron chi connectivity index (χ3n) is 3.04. The number of pyridine rings is 1. The minimum absolute atomic E-state index is 0.246. The topological polar surface area (TPSA) is 54.0 Å². The molecule has 0 atom stereocenters. The summed E-state index contributed by atoms with van der Waals surface area (Å²) in [6.45, 7) is 2.63. The predicted molar refractivity (Wildman–Crippen MR) is 81.1 cm³/mol. The summed E-state index contributed by atoms with van der Waals surface area (Å²) in [5, 5.41) is 5.36. The normalized spacial score (nSPS) is 10.3. The fraction of sp³-hybridized carbons (Fsp3) is 0.250. The van der Waals surface area contributed by atoms with Crippen LogP contribution >= 0.6 is 0 Å². The Morgan fingerprint density at radius 2 is 1.91 bits per heavy atom. The largest absolute Gasteiger partial charge is 0.351 e. The van der Waals surface area contributed by atoms with E-state index in [0.29, 0.717) is 12.2 Å². The van der Waals surface area contributed by atoms with Crippen molar-refractivity contribution in [2.45, 2.75) is 19.8 Å². The highest BCUT2D eigenvalue weighted by atomic mass is 19.1. The van der Waals surface area contributed by atoms with E-state index in [1.165, 1.54) is 18.3 Å². The lowest BCUT2D eigenvalue weighted by Gasteiger charge is -2.09. The van der Waals surface area contributed by atoms with E-state index < -0.39 is 11.6 Å². The van der Waals surface area contributed by atoms with Gasteiger partial charge < -0.3 is 10.6 Å². The van der Waals surface area contributed by atoms with Crippen LogP contribution in [0.2, 0.25) is 0 Å². The number of aromatic nitrogens is 1. The van der Waals surface area contributed by atoms with E-state index in [0.717, 1.165) is 25.0 Å². The molecule has 2 aromatic rings. The lowest BCUT2D eigenvalue weighted by Crippen LogP contribution is -2.25. The summed E-state index contributed by atoms with van der Waals surface area (Å²) in [6, 6.07) is 6.66. The van der Waals surface area contributed by atoms with Crippen molar-refractivity contribution in [3.05, 3.63) is 53.9 Å². The number of hydrogen-bond acceptors (Lipinski definition) is 3. The van der Waals surface area contributed by atoms with Crippen LogP contribution < -0.4 is 10.6 Å². The van der Waals surface area contributed by atoms with Gasteiger partial charge in [0.25, 0.3) is 5.91 Å². The molecule has 0 aliphatic carbocycles. The lowest BCUT2D eigenvalue weighted by molar-refractivity contribution is 0.0948. The number of carbonyl (C=O) groups excluding carboxylic acids is 1. The Bertz CT molecular complexity index is 624. The number of benzene rings is 1. The Balaban J connectivity index is 2.04. The van der Waals surface area contributed by atoms with Crippen LogP contribution in [-0.4, -0.2) is 17.4 Å². The molecule has 4 nitrogen and oxygen atoms in total. The molecule has 22 heavy (non-hydrogen) atoms. The van der Waals surface area contributed by atoms with E-state index in [9.17, 15) is 13.6 Å². The van der Waals surface area contributed by atoms with Crippen molar-refractivity contribution in [2.24, 2.45) is 0 Å². The molecule has 0 bridgehead atoms. The molecule has 1 aromatic heterocycles. The Kier molecular flexibility index (Phi) is 5.41. The number of para-hydroxylation sites is 1. The Labute approximate surface area is 127 Å². The van der Waals surface area contributed by atoms with Gasteiger partial charge in [-0.3, -0.25) is 4.79 Å². The highest BCUT2D eigenvalue weighted by molar-refractivity contribution is 5.92. The van der Waals surface area contributed by atoms with Crippen LogP contribution in [0.1, 0.15) is 30.3 Å². The minimum Gasteiger partial charge on any atom is -0.351 e. The molecule has 2 N–H and O–H groups in total. The molecule has 1 amide bonds. The summed E-state index contributed by atoms with van der Waals surface area (Å²) >= 11 is 0. The number of amides is 1. The molecule has 6 heteroatoms. The van der Waals surface area contributed by atoms with Gasteiger partial charge in [0.15, 0.2) is 0 Å². The fourth-order valence-electron chi connectivity index (χ4n) is 1.83. The highest BCUT2D eigenvalue weighted by Crippen LogP contribution is 2.22. The number of carbonyl (C=O) groups is 1. The van der Waals surface area contributed by atoms with E-state index in [4.69, 9.17) is 0 Å². The first-order valence-electron chi connectivity index (χ1n) is 7.07. The van der Waals surface area contributed by atoms with Crippen LogP contribution in [-0.2, 0) is 0 Å². The Morgan fingerprint density at radius 1 is 1.18 bits per heavy atom. The molecule has 1 heterocycles. The SMILES string of the molecule is CCCCNC(=O)c1ccc(Nc2c(F)cccc2F)cn1. The van der Waals surface area contributed by atoms with Crippen LogP contribution in [0.5, 0.6) is 0 Å². The first-order chi connectivity index (χ1) is 10.6. The second-order valence-electron chi connectivity index (χ2n) is 4.76. The van der Waals surface area contributed by atoms with Crippen molar-refractivity contribution in [3.8, 4) is 0 Å². The van der Waals surface area contributed by atoms with Gasteiger partial charge in [0.1, 0.15) is 23.0 Å². The van der Waals surface area contributed by atoms with Gasteiger partial charge in [0, 0.05) is 6.54 Å². The molecule has 0 spiro atoms. The van der Waals surface area contributed by atoms with Gasteiger partial charge in [-0.25, -0.2) is 13.8 Å². The van der Waals surface area contributed by atoms with E-state index >= 15 is 0 Å². The summed E-state index contributed by atoms with van der Waals surface area (Å²) in [4.78, 5) is 15.8. The zero-order chi connectivity index (χ0) is 15.9. The molecular formula is C16H17F2N3O. The summed E-state index contributed by atoms with van der Waals surface area (Å²) < 4.78 is 27.1. The van der Waals surface area contributed by atoms with Gasteiger partial charge >= 0.3 is 0 Å². The average molecular weight is 305 g/mol. The molecule has 0 saturated carbocycles. The second kappa shape index (κ2) is 7.49. The second-order valence-corrected chi connectivity index (χ2v) is 4.76. The highest BCUT2D eigenvalue weighted by Gasteiger charge is 2.10. The van der Waals surface area contributed by atoms with Crippen molar-refractivity contribution >= 4 is 17.3 Å². The van der Waals surface area contributed by atoms with Gasteiger partial charge in [-0.1, -0.05) is 19.4 Å². The van der Waals surface area contributed by atoms with Crippen LogP contribution in [0.3, 0.4) is 0 Å². The number of hydrogen-bond donors (Lipinski definition) is 2. The van der Waals surface area contributed by atoms with Gasteiger partial charge in [-0.15, -0.1) is 0 Å². The number of unbranched alkanes of at least 4 members (excludes halogenated alkanes) is 1. The summed E-state index contributed by atoms with van der Waals surface area (Å²) in [6.07, 6.45) is 3.25. The molecule has 0 radical (unpaired) electrons. The first kappa shape index (κ1) is 15.9. The summed E-state index contributed by atoms with van der Waals surface area (Å²) in [7, 11) is 0. The maximum Gasteiger partial charge on any atom is 0.269 e. The van der Waals surface area contributed by atoms with Gasteiger partial charge in [-0.05, 0) is 30.7 Å². The van der Waals surface area contributed by atoms with Crippen molar-refractivity contribution in [1.82, 2.24) is 10.3 Å². The lowest BCUT2D eigenvalue weighted by atomic mass is 10.2. The standard InChI is InChI=1S/C16H17F2N3O/c1-2-3-9-19-16(22)14-8-7-11(10-20-14)21-15-12(17)5-4-6-13(15)18/h4-8,10,21H,2-3,9H2,1H3,(H,19,22). The molecule has 0 aliphatic heterocycles. The number of anilines is 2. The van der Waals surface area contributed by atoms with Crippen molar-refractivity contribution in [1.29, 1.82) is 0 Å². The first-order valence-corrected chi connectivity index (χ1v) is 7.07. The van der Waals surface area contributed by atoms with Crippen molar-refractivity contribution < 1.29 is 13.6 Å². The van der Waals surface area contributed by atoms with Crippen LogP contribution in [0.4, 0.5) is 20.2 Å². The fourth-order valence-corrected chi connectivity index (χ4v) is 1.83. The minimum atomic E-state index is -0.693. The molecule has 2 rings (SSSR count). The summed E-state index contributed by atoms with van der Waals surface area (Å²) in [5.41, 5.74) is 0.411. The smallest absolute Gasteiger partial charge is 0.269 e. The molecule has 0 saturated heterocycles. The van der Waals surface area contributed by atoms with Gasteiger partial charge in [0.2, 0.25) is 0 Å². The Morgan fingerprint density at radius 3 is 2.50 bits per heavy atom.